The van der Waals surface area contributed by atoms with Crippen molar-refractivity contribution in [2.24, 2.45) is 0 Å². The van der Waals surface area contributed by atoms with Crippen molar-refractivity contribution in [3.63, 3.8) is 0 Å². The van der Waals surface area contributed by atoms with Crippen LogP contribution in [0.15, 0.2) is 29.2 Å². The van der Waals surface area contributed by atoms with Crippen LogP contribution in [-0.2, 0) is 0 Å². The van der Waals surface area contributed by atoms with Crippen molar-refractivity contribution in [3.8, 4) is 0 Å². The van der Waals surface area contributed by atoms with Crippen molar-refractivity contribution in [1.29, 1.82) is 0 Å². The van der Waals surface area contributed by atoms with Gasteiger partial charge < -0.3 is 10.4 Å². The summed E-state index contributed by atoms with van der Waals surface area (Å²) >= 11 is 3.67. The summed E-state index contributed by atoms with van der Waals surface area (Å²) in [5.74, 6) is 2.15. The highest BCUT2D eigenvalue weighted by Gasteiger charge is 2.03. The van der Waals surface area contributed by atoms with Gasteiger partial charge in [-0.1, -0.05) is 12.1 Å². The maximum atomic E-state index is 8.67. The van der Waals surface area contributed by atoms with Gasteiger partial charge in [-0.2, -0.15) is 11.8 Å². The Balaban J connectivity index is 2.21. The first-order valence-corrected chi connectivity index (χ1v) is 8.72. The maximum absolute atomic E-state index is 8.67. The number of hydrogen-bond acceptors (Lipinski definition) is 4. The van der Waals surface area contributed by atoms with Gasteiger partial charge in [0, 0.05) is 29.8 Å². The Morgan fingerprint density at radius 1 is 1.22 bits per heavy atom. The lowest BCUT2D eigenvalue weighted by Crippen LogP contribution is -2.21. The van der Waals surface area contributed by atoms with Crippen molar-refractivity contribution in [2.45, 2.75) is 24.3 Å². The predicted octanol–water partition coefficient (Wildman–Crippen LogP) is 3.17. The van der Waals surface area contributed by atoms with Crippen molar-refractivity contribution >= 4 is 23.5 Å². The van der Waals surface area contributed by atoms with E-state index < -0.39 is 0 Å². The van der Waals surface area contributed by atoms with E-state index in [2.05, 4.69) is 42.8 Å². The Morgan fingerprint density at radius 2 is 1.94 bits per heavy atom. The van der Waals surface area contributed by atoms with Crippen LogP contribution >= 0.6 is 23.5 Å². The van der Waals surface area contributed by atoms with Crippen LogP contribution in [0.4, 0.5) is 0 Å². The van der Waals surface area contributed by atoms with Gasteiger partial charge in [-0.15, -0.1) is 11.8 Å². The molecule has 1 aromatic carbocycles. The normalized spacial score (nSPS) is 12.6. The van der Waals surface area contributed by atoms with E-state index in [1.165, 1.54) is 10.5 Å². The van der Waals surface area contributed by atoms with Gasteiger partial charge in [0.25, 0.3) is 0 Å². The van der Waals surface area contributed by atoms with Crippen LogP contribution in [0.2, 0.25) is 0 Å². The monoisotopic (exact) mass is 285 g/mol. The fraction of sp³-hybridized carbons (Fsp3) is 0.571. The Hall–Kier alpha value is -0.160. The number of aliphatic hydroxyl groups is 1. The van der Waals surface area contributed by atoms with Gasteiger partial charge in [-0.3, -0.25) is 0 Å². The second kappa shape index (κ2) is 9.73. The molecule has 4 heteroatoms. The van der Waals surface area contributed by atoms with E-state index >= 15 is 0 Å². The first kappa shape index (κ1) is 15.9. The van der Waals surface area contributed by atoms with Gasteiger partial charge in [0.05, 0.1) is 0 Å². The van der Waals surface area contributed by atoms with Gasteiger partial charge in [0.2, 0.25) is 0 Å². The topological polar surface area (TPSA) is 32.3 Å². The molecule has 0 saturated heterocycles. The second-order valence-electron chi connectivity index (χ2n) is 4.14. The third-order valence-corrected chi connectivity index (χ3v) is 4.57. The highest BCUT2D eigenvalue weighted by molar-refractivity contribution is 7.99. The zero-order chi connectivity index (χ0) is 13.2. The second-order valence-corrected chi connectivity index (χ2v) is 6.24. The number of benzene rings is 1. The quantitative estimate of drug-likeness (QED) is 0.539. The highest BCUT2D eigenvalue weighted by atomic mass is 32.2. The van der Waals surface area contributed by atoms with Crippen LogP contribution in [0.1, 0.15) is 24.9 Å². The molecule has 0 aliphatic rings. The molecule has 0 radical (unpaired) electrons. The third-order valence-electron chi connectivity index (χ3n) is 2.76. The molecule has 18 heavy (non-hydrogen) atoms. The van der Waals surface area contributed by atoms with Crippen molar-refractivity contribution in [3.05, 3.63) is 29.8 Å². The van der Waals surface area contributed by atoms with Crippen LogP contribution in [0.5, 0.6) is 0 Å². The van der Waals surface area contributed by atoms with E-state index in [1.54, 1.807) is 11.8 Å². The van der Waals surface area contributed by atoms with Gasteiger partial charge in [0.1, 0.15) is 0 Å². The molecule has 0 aromatic heterocycles. The lowest BCUT2D eigenvalue weighted by Gasteiger charge is -2.14. The number of thioether (sulfide) groups is 2. The Morgan fingerprint density at radius 3 is 2.56 bits per heavy atom. The summed E-state index contributed by atoms with van der Waals surface area (Å²) in [6.45, 7) is 3.52. The number of nitrogens with one attached hydrogen (secondary N) is 1. The molecular formula is C14H23NOS2. The summed E-state index contributed by atoms with van der Waals surface area (Å²) < 4.78 is 0. The lowest BCUT2D eigenvalue weighted by molar-refractivity contribution is 0.296. The zero-order valence-corrected chi connectivity index (χ0v) is 12.8. The fourth-order valence-electron chi connectivity index (χ4n) is 1.63. The molecule has 0 aliphatic heterocycles. The molecule has 1 atom stereocenters. The summed E-state index contributed by atoms with van der Waals surface area (Å²) in [6, 6.07) is 9.15. The number of aliphatic hydroxyl groups excluding tert-OH is 1. The van der Waals surface area contributed by atoms with E-state index in [0.29, 0.717) is 12.6 Å². The summed E-state index contributed by atoms with van der Waals surface area (Å²) in [7, 11) is 0. The minimum Gasteiger partial charge on any atom is -0.396 e. The SMILES string of the molecule is CSc1ccc(C(C)NCCSCCCO)cc1. The highest BCUT2D eigenvalue weighted by Crippen LogP contribution is 2.18. The van der Waals surface area contributed by atoms with Crippen molar-refractivity contribution < 1.29 is 5.11 Å². The van der Waals surface area contributed by atoms with Crippen LogP contribution in [0.25, 0.3) is 0 Å². The summed E-state index contributed by atoms with van der Waals surface area (Å²) in [5, 5.41) is 12.2. The molecule has 2 nitrogen and oxygen atoms in total. The van der Waals surface area contributed by atoms with Gasteiger partial charge in [-0.25, -0.2) is 0 Å². The van der Waals surface area contributed by atoms with Crippen molar-refractivity contribution in [1.82, 2.24) is 5.32 Å². The van der Waals surface area contributed by atoms with Gasteiger partial charge in [-0.05, 0) is 43.0 Å². The summed E-state index contributed by atoms with van der Waals surface area (Å²) in [5.41, 5.74) is 1.34. The molecule has 0 heterocycles. The van der Waals surface area contributed by atoms with Crippen LogP contribution in [-0.4, -0.2) is 36.0 Å². The fourth-order valence-corrected chi connectivity index (χ4v) is 2.83. The molecule has 0 amide bonds. The minimum atomic E-state index is 0.304. The van der Waals surface area contributed by atoms with E-state index in [9.17, 15) is 0 Å². The standard InChI is InChI=1S/C14H23NOS2/c1-12(15-8-11-18-10-3-9-16)13-4-6-14(17-2)7-5-13/h4-7,12,15-16H,3,8-11H2,1-2H3. The van der Waals surface area contributed by atoms with E-state index in [-0.39, 0.29) is 0 Å². The molecular weight excluding hydrogens is 262 g/mol. The number of hydrogen-bond donors (Lipinski definition) is 2. The molecule has 1 rings (SSSR count). The maximum Gasteiger partial charge on any atom is 0.0438 e. The Kier molecular flexibility index (Phi) is 8.59. The molecule has 0 saturated carbocycles. The Bertz CT molecular complexity index is 316. The van der Waals surface area contributed by atoms with E-state index in [0.717, 1.165) is 24.5 Å². The molecule has 0 aliphatic carbocycles. The molecule has 1 unspecified atom stereocenters. The van der Waals surface area contributed by atoms with Crippen LogP contribution in [0, 0.1) is 0 Å². The van der Waals surface area contributed by atoms with E-state index in [1.807, 2.05) is 11.8 Å². The molecule has 2 N–H and O–H groups in total. The average Bonchev–Trinajstić information content (AvgIpc) is 2.42. The minimum absolute atomic E-state index is 0.304. The largest absolute Gasteiger partial charge is 0.396 e. The average molecular weight is 285 g/mol. The van der Waals surface area contributed by atoms with Gasteiger partial charge >= 0.3 is 0 Å². The first-order valence-electron chi connectivity index (χ1n) is 6.34. The molecule has 0 bridgehead atoms. The molecule has 0 spiro atoms. The van der Waals surface area contributed by atoms with Crippen molar-refractivity contribution in [2.75, 3.05) is 30.9 Å². The smallest absolute Gasteiger partial charge is 0.0438 e. The first-order chi connectivity index (χ1) is 8.77. The number of rotatable bonds is 9. The van der Waals surface area contributed by atoms with Crippen LogP contribution < -0.4 is 5.32 Å². The predicted molar refractivity (Wildman–Crippen MR) is 83.7 cm³/mol. The van der Waals surface area contributed by atoms with E-state index in [4.69, 9.17) is 5.11 Å². The van der Waals surface area contributed by atoms with Crippen LogP contribution in [0.3, 0.4) is 0 Å². The summed E-state index contributed by atoms with van der Waals surface area (Å²) in [6.07, 6.45) is 3.00. The molecule has 1 aromatic rings. The molecule has 0 fully saturated rings. The zero-order valence-electron chi connectivity index (χ0n) is 11.2. The lowest BCUT2D eigenvalue weighted by atomic mass is 10.1. The summed E-state index contributed by atoms with van der Waals surface area (Å²) in [4.78, 5) is 1.31. The Labute approximate surface area is 119 Å². The molecule has 102 valence electrons. The van der Waals surface area contributed by atoms with Gasteiger partial charge in [0.15, 0.2) is 0 Å². The third kappa shape index (κ3) is 6.14.